The van der Waals surface area contributed by atoms with Crippen LogP contribution in [0.4, 0.5) is 0 Å². The first kappa shape index (κ1) is 23.4. The third kappa shape index (κ3) is 5.31. The summed E-state index contributed by atoms with van der Waals surface area (Å²) in [6, 6.07) is 8.64. The van der Waals surface area contributed by atoms with Crippen LogP contribution < -0.4 is 10.9 Å². The minimum absolute atomic E-state index is 0.0209. The van der Waals surface area contributed by atoms with Gasteiger partial charge in [0.05, 0.1) is 28.8 Å². The highest BCUT2D eigenvalue weighted by Gasteiger charge is 2.27. The maximum atomic E-state index is 12.8. The first-order chi connectivity index (χ1) is 14.7. The number of phenols is 1. The number of morpholine rings is 1. The molecule has 0 atom stereocenters. The number of allylic oxidation sites excluding steroid dienone is 1. The van der Waals surface area contributed by atoms with Gasteiger partial charge in [0.15, 0.2) is 0 Å². The van der Waals surface area contributed by atoms with Crippen LogP contribution in [0.25, 0.3) is 5.70 Å². The van der Waals surface area contributed by atoms with E-state index in [9.17, 15) is 18.3 Å². The highest BCUT2D eigenvalue weighted by Crippen LogP contribution is 2.34. The van der Waals surface area contributed by atoms with E-state index in [0.717, 1.165) is 0 Å². The number of nitrogens with zero attached hydrogens (tertiary/aromatic N) is 1. The van der Waals surface area contributed by atoms with Gasteiger partial charge in [-0.1, -0.05) is 35.3 Å². The number of halogens is 2. The fraction of sp³-hybridized carbons (Fsp3) is 0.250. The maximum absolute atomic E-state index is 12.8. The number of nitrogens with one attached hydrogen (secondary N) is 2. The Kier molecular flexibility index (Phi) is 7.45. The van der Waals surface area contributed by atoms with Crippen molar-refractivity contribution in [3.63, 3.8) is 0 Å². The number of benzene rings is 2. The largest absolute Gasteiger partial charge is 0.506 e. The lowest BCUT2D eigenvalue weighted by Gasteiger charge is -2.26. The second-order valence-electron chi connectivity index (χ2n) is 6.61. The Morgan fingerprint density at radius 3 is 2.55 bits per heavy atom. The van der Waals surface area contributed by atoms with Crippen molar-refractivity contribution in [2.45, 2.75) is 11.8 Å². The zero-order valence-electron chi connectivity index (χ0n) is 16.6. The van der Waals surface area contributed by atoms with Gasteiger partial charge in [-0.2, -0.15) is 4.31 Å². The average molecular weight is 486 g/mol. The predicted octanol–water partition coefficient (Wildman–Crippen LogP) is 3.02. The minimum atomic E-state index is -3.73. The van der Waals surface area contributed by atoms with Crippen molar-refractivity contribution in [2.75, 3.05) is 26.3 Å². The molecule has 0 aliphatic carbocycles. The van der Waals surface area contributed by atoms with Gasteiger partial charge >= 0.3 is 0 Å². The summed E-state index contributed by atoms with van der Waals surface area (Å²) in [6.45, 7) is 2.87. The van der Waals surface area contributed by atoms with E-state index >= 15 is 0 Å². The number of sulfonamides is 1. The number of carbonyl (C=O) groups excluding carboxylic acids is 1. The molecule has 0 unspecified atom stereocenters. The molecule has 0 radical (unpaired) electrons. The molecular weight excluding hydrogens is 465 g/mol. The molecule has 3 N–H and O–H groups in total. The lowest BCUT2D eigenvalue weighted by Crippen LogP contribution is -2.40. The van der Waals surface area contributed by atoms with E-state index in [4.69, 9.17) is 27.9 Å². The predicted molar refractivity (Wildman–Crippen MR) is 118 cm³/mol. The minimum Gasteiger partial charge on any atom is -0.506 e. The van der Waals surface area contributed by atoms with E-state index in [0.29, 0.717) is 29.5 Å². The number of aromatic hydroxyl groups is 1. The molecule has 1 heterocycles. The second kappa shape index (κ2) is 9.88. The summed E-state index contributed by atoms with van der Waals surface area (Å²) in [4.78, 5) is 12.6. The monoisotopic (exact) mass is 485 g/mol. The number of hydrogen-bond acceptors (Lipinski definition) is 6. The average Bonchev–Trinajstić information content (AvgIpc) is 2.77. The van der Waals surface area contributed by atoms with Crippen LogP contribution in [0.3, 0.4) is 0 Å². The number of hydrogen-bond donors (Lipinski definition) is 3. The topological polar surface area (TPSA) is 108 Å². The smallest absolute Gasteiger partial charge is 0.269 e. The molecule has 8 nitrogen and oxygen atoms in total. The van der Waals surface area contributed by atoms with Gasteiger partial charge in [0.1, 0.15) is 5.75 Å². The van der Waals surface area contributed by atoms with Crippen LogP contribution in [-0.2, 0) is 14.8 Å². The van der Waals surface area contributed by atoms with Crippen molar-refractivity contribution in [1.29, 1.82) is 0 Å². The van der Waals surface area contributed by atoms with Crippen LogP contribution in [-0.4, -0.2) is 50.0 Å². The van der Waals surface area contributed by atoms with Crippen LogP contribution in [0.15, 0.2) is 47.4 Å². The van der Waals surface area contributed by atoms with E-state index in [1.165, 1.54) is 40.7 Å². The molecule has 2 aromatic carbocycles. The van der Waals surface area contributed by atoms with Crippen LogP contribution in [0.5, 0.6) is 5.75 Å². The molecular formula is C20H21Cl2N3O5S. The Morgan fingerprint density at radius 2 is 1.87 bits per heavy atom. The fourth-order valence-corrected chi connectivity index (χ4v) is 4.94. The first-order valence-corrected chi connectivity index (χ1v) is 11.5. The summed E-state index contributed by atoms with van der Waals surface area (Å²) in [5, 5.41) is 10.6. The molecule has 2 aromatic rings. The Hall–Kier alpha value is -2.30. The summed E-state index contributed by atoms with van der Waals surface area (Å²) < 4.78 is 32.2. The quantitative estimate of drug-likeness (QED) is 0.542. The lowest BCUT2D eigenvalue weighted by atomic mass is 10.1. The van der Waals surface area contributed by atoms with E-state index in [1.807, 2.05) is 0 Å². The Labute approximate surface area is 190 Å². The third-order valence-corrected chi connectivity index (χ3v) is 7.02. The van der Waals surface area contributed by atoms with E-state index < -0.39 is 15.9 Å². The zero-order chi connectivity index (χ0) is 22.6. The molecule has 1 aliphatic heterocycles. The van der Waals surface area contributed by atoms with Gasteiger partial charge in [-0.05, 0) is 37.3 Å². The number of carbonyl (C=O) groups is 1. The van der Waals surface area contributed by atoms with Crippen molar-refractivity contribution in [3.05, 3.63) is 63.6 Å². The molecule has 0 saturated carbocycles. The van der Waals surface area contributed by atoms with Crippen LogP contribution in [0.1, 0.15) is 22.8 Å². The van der Waals surface area contributed by atoms with Gasteiger partial charge in [-0.15, -0.1) is 0 Å². The first-order valence-electron chi connectivity index (χ1n) is 9.33. The molecule has 1 saturated heterocycles. The summed E-state index contributed by atoms with van der Waals surface area (Å²) in [6.07, 6.45) is 1.61. The highest BCUT2D eigenvalue weighted by atomic mass is 35.5. The third-order valence-electron chi connectivity index (χ3n) is 4.62. The maximum Gasteiger partial charge on any atom is 0.269 e. The molecule has 0 bridgehead atoms. The van der Waals surface area contributed by atoms with Gasteiger partial charge in [0.25, 0.3) is 5.91 Å². The van der Waals surface area contributed by atoms with Gasteiger partial charge in [0.2, 0.25) is 10.0 Å². The van der Waals surface area contributed by atoms with Crippen LogP contribution >= 0.6 is 23.2 Å². The van der Waals surface area contributed by atoms with Crippen LogP contribution in [0, 0.1) is 0 Å². The molecule has 1 aliphatic rings. The zero-order valence-corrected chi connectivity index (χ0v) is 18.9. The SMILES string of the molecule is C/C=C(\NNC(=O)c1cccc(S(=O)(=O)N2CCOCC2)c1)c1cc(Cl)cc(Cl)c1O. The van der Waals surface area contributed by atoms with Gasteiger partial charge in [0, 0.05) is 29.2 Å². The Morgan fingerprint density at radius 1 is 1.16 bits per heavy atom. The molecule has 166 valence electrons. The number of hydrazine groups is 1. The van der Waals surface area contributed by atoms with Gasteiger partial charge in [-0.3, -0.25) is 15.6 Å². The molecule has 11 heteroatoms. The van der Waals surface area contributed by atoms with Crippen molar-refractivity contribution in [1.82, 2.24) is 15.2 Å². The molecule has 0 aromatic heterocycles. The normalized spacial score (nSPS) is 15.5. The Balaban J connectivity index is 1.76. The lowest BCUT2D eigenvalue weighted by molar-refractivity contribution is 0.0730. The Bertz CT molecular complexity index is 1120. The molecule has 0 spiro atoms. The van der Waals surface area contributed by atoms with Crippen molar-refractivity contribution >= 4 is 44.8 Å². The molecule has 31 heavy (non-hydrogen) atoms. The second-order valence-corrected chi connectivity index (χ2v) is 9.39. The highest BCUT2D eigenvalue weighted by molar-refractivity contribution is 7.89. The van der Waals surface area contributed by atoms with E-state index in [-0.39, 0.29) is 34.3 Å². The number of rotatable bonds is 6. The van der Waals surface area contributed by atoms with Crippen molar-refractivity contribution in [2.24, 2.45) is 0 Å². The van der Waals surface area contributed by atoms with Crippen molar-refractivity contribution in [3.8, 4) is 5.75 Å². The summed E-state index contributed by atoms with van der Waals surface area (Å²) in [5.41, 5.74) is 5.99. The summed E-state index contributed by atoms with van der Waals surface area (Å²) in [7, 11) is -3.73. The standard InChI is InChI=1S/C20H21Cl2N3O5S/c1-2-18(16-11-14(21)12-17(22)19(16)26)23-24-20(27)13-4-3-5-15(10-13)31(28,29)25-6-8-30-9-7-25/h2-5,10-12,23,26H,6-9H2,1H3,(H,24,27)/b18-2-. The van der Waals surface area contributed by atoms with E-state index in [2.05, 4.69) is 10.9 Å². The molecule has 1 amide bonds. The van der Waals surface area contributed by atoms with Crippen molar-refractivity contribution < 1.29 is 23.1 Å². The van der Waals surface area contributed by atoms with Gasteiger partial charge < -0.3 is 9.84 Å². The number of phenolic OH excluding ortho intramolecular Hbond substituents is 1. The van der Waals surface area contributed by atoms with E-state index in [1.54, 1.807) is 13.0 Å². The molecule has 3 rings (SSSR count). The van der Waals surface area contributed by atoms with Gasteiger partial charge in [-0.25, -0.2) is 8.42 Å². The summed E-state index contributed by atoms with van der Waals surface area (Å²) >= 11 is 12.0. The van der Waals surface area contributed by atoms with Crippen LogP contribution in [0.2, 0.25) is 10.0 Å². The fourth-order valence-electron chi connectivity index (χ4n) is 3.00. The molecule has 1 fully saturated rings. The number of ether oxygens (including phenoxy) is 1. The number of amides is 1. The summed E-state index contributed by atoms with van der Waals surface area (Å²) in [5.74, 6) is -0.759.